The van der Waals surface area contributed by atoms with E-state index >= 15 is 0 Å². The third-order valence-corrected chi connectivity index (χ3v) is 5.79. The first-order chi connectivity index (χ1) is 12.8. The Morgan fingerprint density at radius 2 is 1.46 bits per heavy atom. The maximum absolute atomic E-state index is 5.42. The van der Waals surface area contributed by atoms with E-state index in [0.717, 1.165) is 5.75 Å². The lowest BCUT2D eigenvalue weighted by Crippen LogP contribution is -2.30. The molecule has 0 N–H and O–H groups in total. The Labute approximate surface area is 162 Å². The van der Waals surface area contributed by atoms with E-state index in [1.54, 1.807) is 7.11 Å². The number of fused-ring (bicyclic) bond motifs is 1. The smallest absolute Gasteiger partial charge is 0.120 e. The fourth-order valence-corrected chi connectivity index (χ4v) is 4.13. The Bertz CT molecular complexity index is 485. The summed E-state index contributed by atoms with van der Waals surface area (Å²) in [5.74, 6) is 0.991. The summed E-state index contributed by atoms with van der Waals surface area (Å²) in [7, 11) is 1.76. The van der Waals surface area contributed by atoms with Crippen molar-refractivity contribution in [1.29, 1.82) is 0 Å². The molecular weight excluding hydrogens is 318 g/mol. The number of rotatable bonds is 14. The summed E-state index contributed by atoms with van der Waals surface area (Å²) in [6.45, 7) is 4.71. The molecule has 0 amide bonds. The molecule has 0 aromatic heterocycles. The first kappa shape index (κ1) is 21.1. The van der Waals surface area contributed by atoms with Crippen molar-refractivity contribution in [1.82, 2.24) is 0 Å². The topological polar surface area (TPSA) is 12.5 Å². The first-order valence-corrected chi connectivity index (χ1v) is 11.3. The third kappa shape index (κ3) is 7.60. The van der Waals surface area contributed by atoms with Crippen molar-refractivity contribution >= 4 is 5.69 Å². The van der Waals surface area contributed by atoms with Crippen LogP contribution in [0, 0.1) is 0 Å². The maximum atomic E-state index is 5.42. The summed E-state index contributed by atoms with van der Waals surface area (Å²) in [5.41, 5.74) is 2.91. The van der Waals surface area contributed by atoms with E-state index in [2.05, 4.69) is 30.0 Å². The Morgan fingerprint density at radius 1 is 0.846 bits per heavy atom. The molecule has 0 unspecified atom stereocenters. The Morgan fingerprint density at radius 3 is 2.08 bits per heavy atom. The van der Waals surface area contributed by atoms with Gasteiger partial charge in [0, 0.05) is 24.8 Å². The molecular formula is C24H41NO. The fourth-order valence-electron chi connectivity index (χ4n) is 4.13. The summed E-state index contributed by atoms with van der Waals surface area (Å²) in [6.07, 6.45) is 19.5. The molecule has 0 saturated carbocycles. The second-order valence-corrected chi connectivity index (χ2v) is 7.97. The summed E-state index contributed by atoms with van der Waals surface area (Å²) < 4.78 is 5.42. The number of hydrogen-bond donors (Lipinski definition) is 0. The minimum absolute atomic E-state index is 0.991. The predicted octanol–water partition coefficient (Wildman–Crippen LogP) is 7.15. The lowest BCUT2D eigenvalue weighted by molar-refractivity contribution is 0.414. The molecule has 2 heteroatoms. The van der Waals surface area contributed by atoms with Crippen LogP contribution < -0.4 is 9.64 Å². The Hall–Kier alpha value is -1.18. The molecule has 0 aliphatic carbocycles. The van der Waals surface area contributed by atoms with Crippen molar-refractivity contribution in [3.05, 3.63) is 23.8 Å². The first-order valence-electron chi connectivity index (χ1n) is 11.3. The van der Waals surface area contributed by atoms with Crippen LogP contribution in [0.15, 0.2) is 18.2 Å². The van der Waals surface area contributed by atoms with Crippen LogP contribution in [0.25, 0.3) is 0 Å². The SMILES string of the molecule is CCCCCCCCCCCCCCN1CCCc2ccc(OC)cc21. The predicted molar refractivity (Wildman–Crippen MR) is 115 cm³/mol. The normalized spacial score (nSPS) is 13.7. The van der Waals surface area contributed by atoms with Crippen molar-refractivity contribution < 1.29 is 4.74 Å². The summed E-state index contributed by atoms with van der Waals surface area (Å²) in [6, 6.07) is 6.59. The molecule has 1 aliphatic heterocycles. The largest absolute Gasteiger partial charge is 0.497 e. The summed E-state index contributed by atoms with van der Waals surface area (Å²) in [5, 5.41) is 0. The number of methoxy groups -OCH3 is 1. The van der Waals surface area contributed by atoms with Gasteiger partial charge in [0.25, 0.3) is 0 Å². The molecule has 148 valence electrons. The molecule has 26 heavy (non-hydrogen) atoms. The standard InChI is InChI=1S/C24H41NO/c1-3-4-5-6-7-8-9-10-11-12-13-14-19-25-20-15-16-22-17-18-23(26-2)21-24(22)25/h17-18,21H,3-16,19-20H2,1-2H3. The zero-order chi connectivity index (χ0) is 18.5. The van der Waals surface area contributed by atoms with Gasteiger partial charge in [0.15, 0.2) is 0 Å². The van der Waals surface area contributed by atoms with E-state index in [1.165, 1.54) is 114 Å². The van der Waals surface area contributed by atoms with Crippen LogP contribution in [-0.4, -0.2) is 20.2 Å². The molecule has 2 nitrogen and oxygen atoms in total. The average Bonchev–Trinajstić information content (AvgIpc) is 2.68. The van der Waals surface area contributed by atoms with Gasteiger partial charge in [-0.05, 0) is 30.9 Å². The van der Waals surface area contributed by atoms with E-state index in [-0.39, 0.29) is 0 Å². The van der Waals surface area contributed by atoms with E-state index in [0.29, 0.717) is 0 Å². The van der Waals surface area contributed by atoms with Gasteiger partial charge in [-0.2, -0.15) is 0 Å². The van der Waals surface area contributed by atoms with Gasteiger partial charge in [-0.3, -0.25) is 0 Å². The molecule has 0 spiro atoms. The van der Waals surface area contributed by atoms with Crippen molar-refractivity contribution in [3.63, 3.8) is 0 Å². The summed E-state index contributed by atoms with van der Waals surface area (Å²) >= 11 is 0. The van der Waals surface area contributed by atoms with Crippen LogP contribution in [0.1, 0.15) is 96.0 Å². The molecule has 0 bridgehead atoms. The molecule has 2 rings (SSSR count). The maximum Gasteiger partial charge on any atom is 0.120 e. The molecule has 0 fully saturated rings. The fraction of sp³-hybridized carbons (Fsp3) is 0.750. The van der Waals surface area contributed by atoms with Gasteiger partial charge in [0.2, 0.25) is 0 Å². The van der Waals surface area contributed by atoms with E-state index in [4.69, 9.17) is 4.74 Å². The number of nitrogens with zero attached hydrogens (tertiary/aromatic N) is 1. The minimum Gasteiger partial charge on any atom is -0.497 e. The highest BCUT2D eigenvalue weighted by molar-refractivity contribution is 5.58. The number of benzene rings is 1. The summed E-state index contributed by atoms with van der Waals surface area (Å²) in [4.78, 5) is 2.58. The van der Waals surface area contributed by atoms with Crippen LogP contribution in [0.5, 0.6) is 5.75 Å². The highest BCUT2D eigenvalue weighted by Gasteiger charge is 2.16. The Kier molecular flexibility index (Phi) is 10.6. The van der Waals surface area contributed by atoms with Crippen LogP contribution in [0.3, 0.4) is 0 Å². The number of unbranched alkanes of at least 4 members (excludes halogenated alkanes) is 11. The van der Waals surface area contributed by atoms with Crippen LogP contribution in [0.2, 0.25) is 0 Å². The second-order valence-electron chi connectivity index (χ2n) is 7.97. The molecule has 0 atom stereocenters. The number of anilines is 1. The molecule has 1 aromatic carbocycles. The van der Waals surface area contributed by atoms with Gasteiger partial charge < -0.3 is 9.64 Å². The second kappa shape index (κ2) is 13.1. The average molecular weight is 360 g/mol. The van der Waals surface area contributed by atoms with E-state index in [1.807, 2.05) is 0 Å². The number of ether oxygens (including phenoxy) is 1. The lowest BCUT2D eigenvalue weighted by atomic mass is 10.0. The quantitative estimate of drug-likeness (QED) is 0.327. The molecule has 1 aromatic rings. The van der Waals surface area contributed by atoms with Crippen LogP contribution in [0.4, 0.5) is 5.69 Å². The molecule has 1 heterocycles. The zero-order valence-corrected chi connectivity index (χ0v) is 17.4. The van der Waals surface area contributed by atoms with Gasteiger partial charge in [-0.25, -0.2) is 0 Å². The van der Waals surface area contributed by atoms with Gasteiger partial charge in [-0.15, -0.1) is 0 Å². The molecule has 0 radical (unpaired) electrons. The zero-order valence-electron chi connectivity index (χ0n) is 17.4. The van der Waals surface area contributed by atoms with Crippen molar-refractivity contribution in [2.24, 2.45) is 0 Å². The lowest BCUT2D eigenvalue weighted by Gasteiger charge is -2.31. The molecule has 1 aliphatic rings. The van der Waals surface area contributed by atoms with Crippen molar-refractivity contribution in [3.8, 4) is 5.75 Å². The monoisotopic (exact) mass is 359 g/mol. The van der Waals surface area contributed by atoms with Crippen LogP contribution >= 0.6 is 0 Å². The van der Waals surface area contributed by atoms with Gasteiger partial charge in [0.1, 0.15) is 5.75 Å². The van der Waals surface area contributed by atoms with Gasteiger partial charge in [-0.1, -0.05) is 83.6 Å². The number of aryl methyl sites for hydroxylation is 1. The van der Waals surface area contributed by atoms with Crippen molar-refractivity contribution in [2.45, 2.75) is 96.8 Å². The van der Waals surface area contributed by atoms with E-state index in [9.17, 15) is 0 Å². The van der Waals surface area contributed by atoms with Crippen molar-refractivity contribution in [2.75, 3.05) is 25.1 Å². The van der Waals surface area contributed by atoms with Crippen LogP contribution in [-0.2, 0) is 6.42 Å². The minimum atomic E-state index is 0.991. The van der Waals surface area contributed by atoms with E-state index < -0.39 is 0 Å². The van der Waals surface area contributed by atoms with Gasteiger partial charge >= 0.3 is 0 Å². The third-order valence-electron chi connectivity index (χ3n) is 5.79. The highest BCUT2D eigenvalue weighted by Crippen LogP contribution is 2.31. The van der Waals surface area contributed by atoms with Gasteiger partial charge in [0.05, 0.1) is 7.11 Å². The highest BCUT2D eigenvalue weighted by atomic mass is 16.5. The molecule has 0 saturated heterocycles. The number of hydrogen-bond acceptors (Lipinski definition) is 2. The Balaban J connectivity index is 1.52.